The second kappa shape index (κ2) is 17.4. The van der Waals surface area contributed by atoms with Crippen molar-refractivity contribution in [3.05, 3.63) is 24.0 Å². The van der Waals surface area contributed by atoms with Crippen LogP contribution in [-0.4, -0.2) is 4.57 Å². The Morgan fingerprint density at radius 1 is 0.923 bits per heavy atom. The first-order valence-corrected chi connectivity index (χ1v) is 5.37. The number of aryl methyl sites for hydroxylation is 2. The lowest BCUT2D eigenvalue weighted by molar-refractivity contribution is 0.925. The van der Waals surface area contributed by atoms with E-state index in [2.05, 4.69) is 19.2 Å². The Bertz CT molecular complexity index is 137. The van der Waals surface area contributed by atoms with Crippen molar-refractivity contribution in [2.75, 3.05) is 0 Å². The van der Waals surface area contributed by atoms with Gasteiger partial charge in [-0.25, -0.2) is 0 Å². The molecule has 1 heterocycles. The molecule has 0 amide bonds. The zero-order valence-corrected chi connectivity index (χ0v) is 10.7. The lowest BCUT2D eigenvalue weighted by Crippen LogP contribution is -1.76. The molecule has 1 nitrogen and oxygen atoms in total. The third-order valence-corrected chi connectivity index (χ3v) is 0.980. The summed E-state index contributed by atoms with van der Waals surface area (Å²) in [4.78, 5) is 0. The molecule has 0 unspecified atom stereocenters. The second-order valence-corrected chi connectivity index (χ2v) is 1.85. The highest BCUT2D eigenvalue weighted by Crippen LogP contribution is 1.93. The molecule has 1 rings (SSSR count). The first kappa shape index (κ1) is 18.1. The van der Waals surface area contributed by atoms with E-state index >= 15 is 0 Å². The summed E-state index contributed by atoms with van der Waals surface area (Å²) < 4.78 is 2.04. The van der Waals surface area contributed by atoms with E-state index in [1.165, 1.54) is 5.56 Å². The van der Waals surface area contributed by atoms with E-state index in [0.29, 0.717) is 0 Å². The number of hydrogen-bond acceptors (Lipinski definition) is 0. The summed E-state index contributed by atoms with van der Waals surface area (Å²) in [5.41, 5.74) is 1.32. The van der Waals surface area contributed by atoms with E-state index in [4.69, 9.17) is 0 Å². The molecule has 0 spiro atoms. The van der Waals surface area contributed by atoms with Gasteiger partial charge in [-0.15, -0.1) is 0 Å². The highest BCUT2D eigenvalue weighted by atomic mass is 14.9. The van der Waals surface area contributed by atoms with Gasteiger partial charge in [-0.1, -0.05) is 41.5 Å². The topological polar surface area (TPSA) is 4.93 Å². The third-order valence-electron chi connectivity index (χ3n) is 0.980. The van der Waals surface area contributed by atoms with Crippen molar-refractivity contribution in [2.45, 2.75) is 48.5 Å². The molecule has 0 aliphatic heterocycles. The van der Waals surface area contributed by atoms with Gasteiger partial charge in [-0.3, -0.25) is 0 Å². The minimum absolute atomic E-state index is 1.32. The summed E-state index contributed by atoms with van der Waals surface area (Å²) >= 11 is 0. The molecule has 0 bridgehead atoms. The third kappa shape index (κ3) is 14.2. The van der Waals surface area contributed by atoms with Gasteiger partial charge in [0.05, 0.1) is 0 Å². The van der Waals surface area contributed by atoms with E-state index in [9.17, 15) is 0 Å². The van der Waals surface area contributed by atoms with Gasteiger partial charge in [-0.2, -0.15) is 0 Å². The Morgan fingerprint density at radius 2 is 1.31 bits per heavy atom. The predicted molar refractivity (Wildman–Crippen MR) is 64.2 cm³/mol. The van der Waals surface area contributed by atoms with Crippen molar-refractivity contribution >= 4 is 0 Å². The summed E-state index contributed by atoms with van der Waals surface area (Å²) in [6.07, 6.45) is 4.12. The van der Waals surface area contributed by atoms with Crippen LogP contribution in [0.15, 0.2) is 18.5 Å². The maximum Gasteiger partial charge on any atom is 0.0106 e. The monoisotopic (exact) mass is 185 g/mol. The molecule has 1 aromatic heterocycles. The number of hydrogen-bond donors (Lipinski definition) is 0. The first-order valence-electron chi connectivity index (χ1n) is 5.37. The van der Waals surface area contributed by atoms with Gasteiger partial charge in [0.2, 0.25) is 0 Å². The second-order valence-electron chi connectivity index (χ2n) is 1.85. The van der Waals surface area contributed by atoms with Crippen LogP contribution in [0.3, 0.4) is 0 Å². The van der Waals surface area contributed by atoms with Gasteiger partial charge in [0.1, 0.15) is 0 Å². The fourth-order valence-electron chi connectivity index (χ4n) is 0.642. The van der Waals surface area contributed by atoms with Crippen LogP contribution in [-0.2, 0) is 7.05 Å². The van der Waals surface area contributed by atoms with Gasteiger partial charge in [0.25, 0.3) is 0 Å². The maximum atomic E-state index is 2.08. The molecule has 0 aromatic carbocycles. The number of rotatable bonds is 0. The van der Waals surface area contributed by atoms with Crippen LogP contribution in [0.2, 0.25) is 0 Å². The van der Waals surface area contributed by atoms with Crippen LogP contribution in [0, 0.1) is 6.92 Å². The quantitative estimate of drug-likeness (QED) is 0.564. The normalized spacial score (nSPS) is 6.46. The van der Waals surface area contributed by atoms with Gasteiger partial charge in [-0.05, 0) is 18.6 Å². The molecule has 0 saturated heterocycles. The Balaban J connectivity index is -0.000000144. The lowest BCUT2D eigenvalue weighted by Gasteiger charge is -1.80. The van der Waals surface area contributed by atoms with Crippen molar-refractivity contribution < 1.29 is 0 Å². The van der Waals surface area contributed by atoms with Gasteiger partial charge >= 0.3 is 0 Å². The number of aromatic nitrogens is 1. The Hall–Kier alpha value is -0.720. The van der Waals surface area contributed by atoms with E-state index in [0.717, 1.165) is 0 Å². The van der Waals surface area contributed by atoms with Crippen molar-refractivity contribution in [2.24, 2.45) is 7.05 Å². The molecule has 1 aromatic rings. The molecule has 0 atom stereocenters. The van der Waals surface area contributed by atoms with Crippen LogP contribution >= 0.6 is 0 Å². The van der Waals surface area contributed by atoms with Gasteiger partial charge in [0.15, 0.2) is 0 Å². The van der Waals surface area contributed by atoms with Crippen LogP contribution < -0.4 is 0 Å². The molecule has 0 aliphatic carbocycles. The van der Waals surface area contributed by atoms with Crippen LogP contribution in [0.4, 0.5) is 0 Å². The van der Waals surface area contributed by atoms with Gasteiger partial charge < -0.3 is 4.57 Å². The van der Waals surface area contributed by atoms with E-state index in [-0.39, 0.29) is 0 Å². The molecule has 0 aliphatic rings. The Kier molecular flexibility index (Phi) is 24.3. The highest BCUT2D eigenvalue weighted by Gasteiger charge is 1.80. The fraction of sp³-hybridized carbons (Fsp3) is 0.667. The molecule has 1 heteroatoms. The maximum absolute atomic E-state index is 2.08. The van der Waals surface area contributed by atoms with Crippen molar-refractivity contribution in [1.29, 1.82) is 0 Å². The van der Waals surface area contributed by atoms with E-state index in [1.807, 2.05) is 59.4 Å². The molecule has 0 N–H and O–H groups in total. The first-order chi connectivity index (χ1) is 6.29. The molecule has 80 valence electrons. The Labute approximate surface area is 84.8 Å². The van der Waals surface area contributed by atoms with Crippen molar-refractivity contribution in [1.82, 2.24) is 4.57 Å². The molecule has 0 radical (unpaired) electrons. The highest BCUT2D eigenvalue weighted by molar-refractivity contribution is 5.06. The molecule has 13 heavy (non-hydrogen) atoms. The van der Waals surface area contributed by atoms with Crippen molar-refractivity contribution in [3.63, 3.8) is 0 Å². The summed E-state index contributed by atoms with van der Waals surface area (Å²) in [6.45, 7) is 14.1. The largest absolute Gasteiger partial charge is 0.357 e. The molecule has 0 saturated carbocycles. The van der Waals surface area contributed by atoms with Crippen LogP contribution in [0.5, 0.6) is 0 Å². The average Bonchev–Trinajstić information content (AvgIpc) is 2.60. The lowest BCUT2D eigenvalue weighted by atomic mass is 10.4. The minimum atomic E-state index is 1.32. The zero-order chi connectivity index (χ0) is 11.3. The molecule has 0 fully saturated rings. The van der Waals surface area contributed by atoms with E-state index < -0.39 is 0 Å². The molecular formula is C12H27N. The van der Waals surface area contributed by atoms with Gasteiger partial charge in [0, 0.05) is 19.4 Å². The summed E-state index contributed by atoms with van der Waals surface area (Å²) in [5.74, 6) is 0. The summed E-state index contributed by atoms with van der Waals surface area (Å²) in [5, 5.41) is 0. The van der Waals surface area contributed by atoms with Crippen molar-refractivity contribution in [3.8, 4) is 0 Å². The minimum Gasteiger partial charge on any atom is -0.357 e. The van der Waals surface area contributed by atoms with E-state index in [1.54, 1.807) is 0 Å². The zero-order valence-electron chi connectivity index (χ0n) is 10.7. The van der Waals surface area contributed by atoms with Crippen LogP contribution in [0.25, 0.3) is 0 Å². The smallest absolute Gasteiger partial charge is 0.0106 e. The van der Waals surface area contributed by atoms with Crippen LogP contribution in [0.1, 0.15) is 47.1 Å². The average molecular weight is 185 g/mol. The predicted octanol–water partition coefficient (Wildman–Crippen LogP) is 4.41. The Morgan fingerprint density at radius 3 is 1.38 bits per heavy atom. The number of nitrogens with zero attached hydrogens (tertiary/aromatic N) is 1. The fourth-order valence-corrected chi connectivity index (χ4v) is 0.642. The molecular weight excluding hydrogens is 158 g/mol. The standard InChI is InChI=1S/C6H9N.3C2H6/c1-6-3-4-7(2)5-6;3*1-2/h3-5H,1-2H3;3*1-2H3. The summed E-state index contributed by atoms with van der Waals surface area (Å²) in [6, 6.07) is 2.08. The SMILES string of the molecule is CC.CC.CC.Cc1ccn(C)c1. The summed E-state index contributed by atoms with van der Waals surface area (Å²) in [7, 11) is 2.02.